The molecule has 0 aliphatic rings. The van der Waals surface area contributed by atoms with Crippen LogP contribution in [-0.2, 0) is 28.4 Å². The lowest BCUT2D eigenvalue weighted by atomic mass is 9.99. The monoisotopic (exact) mass is 300 g/mol. The number of carboxylic acids is 1. The number of rotatable bonds is 3. The van der Waals surface area contributed by atoms with Crippen LogP contribution < -0.4 is 0 Å². The molecule has 0 fully saturated rings. The summed E-state index contributed by atoms with van der Waals surface area (Å²) >= 11 is 0. The summed E-state index contributed by atoms with van der Waals surface area (Å²) in [7, 11) is 0. The number of alkyl halides is 6. The Morgan fingerprint density at radius 1 is 1.00 bits per heavy atom. The molecule has 1 aromatic rings. The Balaban J connectivity index is 3.32. The number of carbonyl (C=O) groups excluding carboxylic acids is 1. The van der Waals surface area contributed by atoms with E-state index in [1.54, 1.807) is 0 Å². The van der Waals surface area contributed by atoms with Crippen molar-refractivity contribution >= 4 is 11.8 Å². The number of carbonyl (C=O) groups is 2. The lowest BCUT2D eigenvalue weighted by molar-refractivity contribution is -0.149. The third-order valence-corrected chi connectivity index (χ3v) is 2.33. The number of hydrogen-bond acceptors (Lipinski definition) is 2. The smallest absolute Gasteiger partial charge is 0.416 e. The van der Waals surface area contributed by atoms with Crippen LogP contribution in [0.3, 0.4) is 0 Å². The summed E-state index contributed by atoms with van der Waals surface area (Å²) in [5, 5.41) is 8.31. The summed E-state index contributed by atoms with van der Waals surface area (Å²) < 4.78 is 75.0. The average molecular weight is 300 g/mol. The van der Waals surface area contributed by atoms with Crippen molar-refractivity contribution in [1.82, 2.24) is 0 Å². The maximum Gasteiger partial charge on any atom is 0.416 e. The van der Waals surface area contributed by atoms with Crippen LogP contribution >= 0.6 is 0 Å². The van der Waals surface area contributed by atoms with E-state index in [9.17, 15) is 35.9 Å². The van der Waals surface area contributed by atoms with Crippen LogP contribution in [0.5, 0.6) is 0 Å². The Hall–Kier alpha value is -2.06. The minimum Gasteiger partial charge on any atom is -0.475 e. The molecule has 0 atom stereocenters. The summed E-state index contributed by atoms with van der Waals surface area (Å²) in [6, 6.07) is 0.663. The Morgan fingerprint density at radius 2 is 1.55 bits per heavy atom. The first-order valence-electron chi connectivity index (χ1n) is 4.96. The molecule has 0 saturated carbocycles. The van der Waals surface area contributed by atoms with Gasteiger partial charge in [-0.25, -0.2) is 4.79 Å². The van der Waals surface area contributed by atoms with Crippen molar-refractivity contribution in [3.8, 4) is 0 Å². The lowest BCUT2D eigenvalue weighted by Gasteiger charge is -2.15. The Kier molecular flexibility index (Phi) is 4.11. The minimum absolute atomic E-state index is 0.148. The number of ketones is 1. The Bertz CT molecular complexity index is 544. The zero-order chi connectivity index (χ0) is 15.7. The Labute approximate surface area is 107 Å². The van der Waals surface area contributed by atoms with Crippen molar-refractivity contribution in [3.63, 3.8) is 0 Å². The molecule has 9 heteroatoms. The van der Waals surface area contributed by atoms with Crippen molar-refractivity contribution in [2.45, 2.75) is 18.8 Å². The number of carboxylic acid groups (broad SMARTS) is 1. The van der Waals surface area contributed by atoms with Gasteiger partial charge >= 0.3 is 18.3 Å². The van der Waals surface area contributed by atoms with Gasteiger partial charge in [0, 0.05) is 6.42 Å². The fourth-order valence-electron chi connectivity index (χ4n) is 1.42. The molecule has 0 unspecified atom stereocenters. The van der Waals surface area contributed by atoms with Gasteiger partial charge in [-0.3, -0.25) is 4.79 Å². The highest BCUT2D eigenvalue weighted by molar-refractivity contribution is 6.33. The quantitative estimate of drug-likeness (QED) is 0.690. The highest BCUT2D eigenvalue weighted by Gasteiger charge is 2.38. The van der Waals surface area contributed by atoms with Gasteiger partial charge in [-0.05, 0) is 17.7 Å². The summed E-state index contributed by atoms with van der Waals surface area (Å²) in [5.41, 5.74) is -4.03. The maximum absolute atomic E-state index is 12.6. The van der Waals surface area contributed by atoms with Crippen molar-refractivity contribution in [3.05, 3.63) is 34.9 Å². The standard InChI is InChI=1S/C11H6F6O3/c12-10(13,14)6-2-1-5(3-8(18)9(19)20)7(4-6)11(15,16)17/h1-2,4H,3H2,(H,19,20). The maximum atomic E-state index is 12.6. The van der Waals surface area contributed by atoms with Crippen LogP contribution in [0.15, 0.2) is 18.2 Å². The molecular formula is C11H6F6O3. The molecule has 1 N–H and O–H groups in total. The molecule has 110 valence electrons. The van der Waals surface area contributed by atoms with E-state index in [4.69, 9.17) is 5.11 Å². The van der Waals surface area contributed by atoms with Crippen LogP contribution in [0, 0.1) is 0 Å². The molecule has 0 heterocycles. The molecule has 1 rings (SSSR count). The topological polar surface area (TPSA) is 54.4 Å². The lowest BCUT2D eigenvalue weighted by Crippen LogP contribution is -2.19. The molecule has 0 radical (unpaired) electrons. The molecule has 0 amide bonds. The molecule has 0 spiro atoms. The molecular weight excluding hydrogens is 294 g/mol. The average Bonchev–Trinajstić information content (AvgIpc) is 2.26. The van der Waals surface area contributed by atoms with Crippen LogP contribution in [0.4, 0.5) is 26.3 Å². The number of halogens is 6. The SMILES string of the molecule is O=C(O)C(=O)Cc1ccc(C(F)(F)F)cc1C(F)(F)F. The van der Waals surface area contributed by atoms with E-state index in [1.807, 2.05) is 0 Å². The third-order valence-electron chi connectivity index (χ3n) is 2.33. The van der Waals surface area contributed by atoms with Gasteiger partial charge in [-0.15, -0.1) is 0 Å². The van der Waals surface area contributed by atoms with Gasteiger partial charge in [0.05, 0.1) is 11.1 Å². The van der Waals surface area contributed by atoms with Crippen molar-refractivity contribution < 1.29 is 41.0 Å². The second-order valence-electron chi connectivity index (χ2n) is 3.77. The number of aliphatic carboxylic acids is 1. The van der Waals surface area contributed by atoms with Crippen LogP contribution in [0.25, 0.3) is 0 Å². The van der Waals surface area contributed by atoms with E-state index < -0.39 is 47.2 Å². The largest absolute Gasteiger partial charge is 0.475 e. The minimum atomic E-state index is -5.13. The Morgan fingerprint density at radius 3 is 1.95 bits per heavy atom. The first-order chi connectivity index (χ1) is 8.93. The molecule has 0 aliphatic carbocycles. The summed E-state index contributed by atoms with van der Waals surface area (Å²) in [6.45, 7) is 0. The zero-order valence-electron chi connectivity index (χ0n) is 9.47. The second-order valence-corrected chi connectivity index (χ2v) is 3.77. The van der Waals surface area contributed by atoms with Gasteiger partial charge in [0.2, 0.25) is 5.78 Å². The van der Waals surface area contributed by atoms with E-state index in [1.165, 1.54) is 0 Å². The summed E-state index contributed by atoms with van der Waals surface area (Å²) in [6.07, 6.45) is -11.2. The van der Waals surface area contributed by atoms with E-state index >= 15 is 0 Å². The second kappa shape index (κ2) is 5.14. The fourth-order valence-corrected chi connectivity index (χ4v) is 1.42. The fraction of sp³-hybridized carbons (Fsp3) is 0.273. The molecule has 0 saturated heterocycles. The molecule has 20 heavy (non-hydrogen) atoms. The molecule has 0 aliphatic heterocycles. The third kappa shape index (κ3) is 3.72. The predicted octanol–water partition coefficient (Wildman–Crippen LogP) is 2.92. The van der Waals surface area contributed by atoms with E-state index in [2.05, 4.69) is 0 Å². The van der Waals surface area contributed by atoms with E-state index in [0.29, 0.717) is 12.1 Å². The van der Waals surface area contributed by atoms with Crippen LogP contribution in [0.2, 0.25) is 0 Å². The summed E-state index contributed by atoms with van der Waals surface area (Å²) in [4.78, 5) is 21.2. The summed E-state index contributed by atoms with van der Waals surface area (Å²) in [5.74, 6) is -3.51. The highest BCUT2D eigenvalue weighted by atomic mass is 19.4. The van der Waals surface area contributed by atoms with Gasteiger partial charge in [-0.2, -0.15) is 26.3 Å². The van der Waals surface area contributed by atoms with Gasteiger partial charge in [-0.1, -0.05) is 6.07 Å². The number of Topliss-reactive ketones (excluding diaryl/α,β-unsaturated/α-hetero) is 1. The van der Waals surface area contributed by atoms with Gasteiger partial charge in [0.25, 0.3) is 0 Å². The van der Waals surface area contributed by atoms with E-state index in [-0.39, 0.29) is 6.07 Å². The number of hydrogen-bond donors (Lipinski definition) is 1. The number of benzene rings is 1. The zero-order valence-corrected chi connectivity index (χ0v) is 9.47. The van der Waals surface area contributed by atoms with Gasteiger partial charge < -0.3 is 5.11 Å². The van der Waals surface area contributed by atoms with Crippen molar-refractivity contribution in [1.29, 1.82) is 0 Å². The normalized spacial score (nSPS) is 12.3. The molecule has 0 bridgehead atoms. The van der Waals surface area contributed by atoms with Crippen LogP contribution in [-0.4, -0.2) is 16.9 Å². The van der Waals surface area contributed by atoms with Crippen LogP contribution in [0.1, 0.15) is 16.7 Å². The van der Waals surface area contributed by atoms with Gasteiger partial charge in [0.15, 0.2) is 0 Å². The van der Waals surface area contributed by atoms with Gasteiger partial charge in [0.1, 0.15) is 0 Å². The first kappa shape index (κ1) is 16.0. The van der Waals surface area contributed by atoms with Crippen molar-refractivity contribution in [2.24, 2.45) is 0 Å². The predicted molar refractivity (Wildman–Crippen MR) is 52.8 cm³/mol. The highest BCUT2D eigenvalue weighted by Crippen LogP contribution is 2.37. The first-order valence-corrected chi connectivity index (χ1v) is 4.96. The van der Waals surface area contributed by atoms with E-state index in [0.717, 1.165) is 0 Å². The molecule has 1 aromatic carbocycles. The van der Waals surface area contributed by atoms with Crippen molar-refractivity contribution in [2.75, 3.05) is 0 Å². The molecule has 0 aromatic heterocycles. The molecule has 3 nitrogen and oxygen atoms in total.